The minimum atomic E-state index is 0.833. The highest BCUT2D eigenvalue weighted by Crippen LogP contribution is 2.12. The zero-order chi connectivity index (χ0) is 11.9. The van der Waals surface area contributed by atoms with Crippen molar-refractivity contribution in [2.75, 3.05) is 18.4 Å². The summed E-state index contributed by atoms with van der Waals surface area (Å²) in [7, 11) is 0. The van der Waals surface area contributed by atoms with Crippen molar-refractivity contribution >= 4 is 23.0 Å². The van der Waals surface area contributed by atoms with E-state index in [0.29, 0.717) is 0 Å². The number of nitrogens with zero attached hydrogens (tertiary/aromatic N) is 2. The van der Waals surface area contributed by atoms with E-state index in [0.717, 1.165) is 23.9 Å². The van der Waals surface area contributed by atoms with Gasteiger partial charge < -0.3 is 10.2 Å². The molecule has 4 heteroatoms. The van der Waals surface area contributed by atoms with Crippen molar-refractivity contribution in [2.45, 2.75) is 32.1 Å². The number of hydrogen-bond acceptors (Lipinski definition) is 2. The standard InChI is InChI=1S/C13H19N3S/c17-13(15-12-7-6-8-14-11-12)16-9-4-2-1-3-5-10-16/h6-8,11H,1-5,9-10H2,(H,15,17). The molecule has 1 saturated heterocycles. The average molecular weight is 249 g/mol. The average Bonchev–Trinajstić information content (AvgIpc) is 2.29. The van der Waals surface area contributed by atoms with E-state index in [4.69, 9.17) is 12.2 Å². The normalized spacial score (nSPS) is 17.1. The Morgan fingerprint density at radius 2 is 1.88 bits per heavy atom. The number of pyridine rings is 1. The molecular weight excluding hydrogens is 230 g/mol. The maximum Gasteiger partial charge on any atom is 0.173 e. The van der Waals surface area contributed by atoms with Crippen LogP contribution >= 0.6 is 12.2 Å². The number of aromatic nitrogens is 1. The van der Waals surface area contributed by atoms with Gasteiger partial charge in [-0.25, -0.2) is 0 Å². The molecule has 0 atom stereocenters. The SMILES string of the molecule is S=C(Nc1cccnc1)N1CCCCCCC1. The van der Waals surface area contributed by atoms with E-state index in [1.165, 1.54) is 32.1 Å². The Kier molecular flexibility index (Phi) is 4.74. The summed E-state index contributed by atoms with van der Waals surface area (Å²) < 4.78 is 0. The van der Waals surface area contributed by atoms with E-state index in [1.807, 2.05) is 12.1 Å². The van der Waals surface area contributed by atoms with Gasteiger partial charge in [-0.05, 0) is 37.2 Å². The van der Waals surface area contributed by atoms with Crippen LogP contribution in [-0.4, -0.2) is 28.1 Å². The summed E-state index contributed by atoms with van der Waals surface area (Å²) >= 11 is 5.45. The molecular formula is C13H19N3S. The van der Waals surface area contributed by atoms with Gasteiger partial charge >= 0.3 is 0 Å². The number of anilines is 1. The number of likely N-dealkylation sites (tertiary alicyclic amines) is 1. The van der Waals surface area contributed by atoms with Gasteiger partial charge in [0.2, 0.25) is 0 Å². The molecule has 0 saturated carbocycles. The lowest BCUT2D eigenvalue weighted by Crippen LogP contribution is -2.36. The van der Waals surface area contributed by atoms with Gasteiger partial charge in [0.1, 0.15) is 0 Å². The van der Waals surface area contributed by atoms with Crippen molar-refractivity contribution in [1.29, 1.82) is 0 Å². The highest BCUT2D eigenvalue weighted by atomic mass is 32.1. The Bertz CT molecular complexity index is 345. The van der Waals surface area contributed by atoms with Crippen LogP contribution in [0.3, 0.4) is 0 Å². The molecule has 0 spiro atoms. The van der Waals surface area contributed by atoms with Crippen LogP contribution in [0.15, 0.2) is 24.5 Å². The zero-order valence-corrected chi connectivity index (χ0v) is 10.9. The molecule has 2 heterocycles. The van der Waals surface area contributed by atoms with Gasteiger partial charge in [0.25, 0.3) is 0 Å². The van der Waals surface area contributed by atoms with Crippen LogP contribution in [0.5, 0.6) is 0 Å². The summed E-state index contributed by atoms with van der Waals surface area (Å²) in [4.78, 5) is 6.35. The van der Waals surface area contributed by atoms with Crippen LogP contribution in [0, 0.1) is 0 Å². The Balaban J connectivity index is 1.89. The summed E-state index contributed by atoms with van der Waals surface area (Å²) in [6.07, 6.45) is 10.1. The third-order valence-electron chi connectivity index (χ3n) is 3.06. The summed E-state index contributed by atoms with van der Waals surface area (Å²) in [5.74, 6) is 0. The number of nitrogens with one attached hydrogen (secondary N) is 1. The van der Waals surface area contributed by atoms with Gasteiger partial charge in [-0.1, -0.05) is 19.3 Å². The van der Waals surface area contributed by atoms with Crippen molar-refractivity contribution in [3.8, 4) is 0 Å². The number of rotatable bonds is 1. The quantitative estimate of drug-likeness (QED) is 0.774. The topological polar surface area (TPSA) is 28.2 Å². The molecule has 1 aromatic heterocycles. The first-order valence-electron chi connectivity index (χ1n) is 6.32. The highest BCUT2D eigenvalue weighted by Gasteiger charge is 2.11. The van der Waals surface area contributed by atoms with Gasteiger partial charge in [-0.15, -0.1) is 0 Å². The fourth-order valence-corrected chi connectivity index (χ4v) is 2.39. The van der Waals surface area contributed by atoms with E-state index in [2.05, 4.69) is 15.2 Å². The van der Waals surface area contributed by atoms with Crippen molar-refractivity contribution < 1.29 is 0 Å². The molecule has 0 unspecified atom stereocenters. The summed E-state index contributed by atoms with van der Waals surface area (Å²) in [5.41, 5.74) is 0.972. The lowest BCUT2D eigenvalue weighted by atomic mass is 10.1. The van der Waals surface area contributed by atoms with E-state index in [-0.39, 0.29) is 0 Å². The Labute approximate surface area is 108 Å². The predicted molar refractivity (Wildman–Crippen MR) is 75.1 cm³/mol. The van der Waals surface area contributed by atoms with Gasteiger partial charge in [0.15, 0.2) is 5.11 Å². The van der Waals surface area contributed by atoms with Crippen molar-refractivity contribution in [3.63, 3.8) is 0 Å². The first kappa shape index (κ1) is 12.3. The molecule has 2 rings (SSSR count). The fourth-order valence-electron chi connectivity index (χ4n) is 2.09. The first-order chi connectivity index (χ1) is 8.36. The maximum atomic E-state index is 5.45. The Morgan fingerprint density at radius 1 is 1.18 bits per heavy atom. The lowest BCUT2D eigenvalue weighted by Gasteiger charge is -2.27. The smallest absolute Gasteiger partial charge is 0.173 e. The van der Waals surface area contributed by atoms with Gasteiger partial charge in [0, 0.05) is 19.3 Å². The van der Waals surface area contributed by atoms with Gasteiger partial charge in [-0.2, -0.15) is 0 Å². The molecule has 0 radical (unpaired) electrons. The monoisotopic (exact) mass is 249 g/mol. The zero-order valence-electron chi connectivity index (χ0n) is 10.1. The van der Waals surface area contributed by atoms with E-state index in [9.17, 15) is 0 Å². The first-order valence-corrected chi connectivity index (χ1v) is 6.73. The van der Waals surface area contributed by atoms with Gasteiger partial charge in [-0.3, -0.25) is 4.98 Å². The second-order valence-electron chi connectivity index (χ2n) is 4.43. The van der Waals surface area contributed by atoms with Crippen LogP contribution in [0.25, 0.3) is 0 Å². The molecule has 17 heavy (non-hydrogen) atoms. The molecule has 1 fully saturated rings. The molecule has 3 nitrogen and oxygen atoms in total. The molecule has 1 aliphatic rings. The molecule has 1 N–H and O–H groups in total. The van der Waals surface area contributed by atoms with E-state index < -0.39 is 0 Å². The van der Waals surface area contributed by atoms with Crippen molar-refractivity contribution in [3.05, 3.63) is 24.5 Å². The lowest BCUT2D eigenvalue weighted by molar-refractivity contribution is 0.366. The second-order valence-corrected chi connectivity index (χ2v) is 4.81. The number of hydrogen-bond donors (Lipinski definition) is 1. The highest BCUT2D eigenvalue weighted by molar-refractivity contribution is 7.80. The summed E-state index contributed by atoms with van der Waals surface area (Å²) in [6, 6.07) is 3.90. The third-order valence-corrected chi connectivity index (χ3v) is 3.42. The maximum absolute atomic E-state index is 5.45. The van der Waals surface area contributed by atoms with Crippen LogP contribution in [0.2, 0.25) is 0 Å². The Hall–Kier alpha value is -1.16. The summed E-state index contributed by atoms with van der Waals surface area (Å²) in [6.45, 7) is 2.15. The molecule has 92 valence electrons. The molecule has 0 aromatic carbocycles. The van der Waals surface area contributed by atoms with Crippen LogP contribution < -0.4 is 5.32 Å². The van der Waals surface area contributed by atoms with Crippen molar-refractivity contribution in [2.24, 2.45) is 0 Å². The molecule has 0 aliphatic carbocycles. The van der Waals surface area contributed by atoms with Gasteiger partial charge in [0.05, 0.1) is 11.9 Å². The molecule has 1 aromatic rings. The third kappa shape index (κ3) is 3.97. The molecule has 0 amide bonds. The van der Waals surface area contributed by atoms with Crippen molar-refractivity contribution in [1.82, 2.24) is 9.88 Å². The van der Waals surface area contributed by atoms with Crippen LogP contribution in [-0.2, 0) is 0 Å². The Morgan fingerprint density at radius 3 is 2.53 bits per heavy atom. The fraction of sp³-hybridized carbons (Fsp3) is 0.538. The largest absolute Gasteiger partial charge is 0.349 e. The number of thiocarbonyl (C=S) groups is 1. The van der Waals surface area contributed by atoms with E-state index >= 15 is 0 Å². The molecule has 1 aliphatic heterocycles. The minimum Gasteiger partial charge on any atom is -0.349 e. The minimum absolute atomic E-state index is 0.833. The van der Waals surface area contributed by atoms with Crippen LogP contribution in [0.1, 0.15) is 32.1 Å². The molecule has 0 bridgehead atoms. The van der Waals surface area contributed by atoms with E-state index in [1.54, 1.807) is 12.4 Å². The second kappa shape index (κ2) is 6.55. The summed E-state index contributed by atoms with van der Waals surface area (Å²) in [5, 5.41) is 4.09. The predicted octanol–water partition coefficient (Wildman–Crippen LogP) is 3.04. The van der Waals surface area contributed by atoms with Crippen LogP contribution in [0.4, 0.5) is 5.69 Å².